The second-order valence-corrected chi connectivity index (χ2v) is 6.14. The number of carbonyl (C=O) groups is 2. The van der Waals surface area contributed by atoms with Crippen LogP contribution in [-0.2, 0) is 0 Å². The second-order valence-electron chi connectivity index (χ2n) is 6.14. The number of fused-ring (bicyclic) bond motifs is 1. The third-order valence-electron chi connectivity index (χ3n) is 4.80. The van der Waals surface area contributed by atoms with Gasteiger partial charge in [0.1, 0.15) is 0 Å². The van der Waals surface area contributed by atoms with Crippen LogP contribution in [0.2, 0.25) is 0 Å². The summed E-state index contributed by atoms with van der Waals surface area (Å²) in [7, 11) is 0. The second kappa shape index (κ2) is 3.38. The Bertz CT molecular complexity index is 600. The fraction of sp³-hybridized carbons (Fsp3) is 0.467. The molecule has 4 rings (SSSR count). The predicted octanol–water partition coefficient (Wildman–Crippen LogP) is 2.06. The molecule has 0 bridgehead atoms. The van der Waals surface area contributed by atoms with Crippen LogP contribution in [-0.4, -0.2) is 23.3 Å². The third kappa shape index (κ3) is 1.52. The molecule has 1 aromatic carbocycles. The Morgan fingerprint density at radius 1 is 1.16 bits per heavy atom. The topological polar surface area (TPSA) is 63.4 Å². The Morgan fingerprint density at radius 2 is 1.84 bits per heavy atom. The molecule has 0 aromatic heterocycles. The van der Waals surface area contributed by atoms with Crippen LogP contribution in [0.1, 0.15) is 46.4 Å². The van der Waals surface area contributed by atoms with Crippen molar-refractivity contribution >= 4 is 17.5 Å². The van der Waals surface area contributed by atoms with E-state index >= 15 is 0 Å². The third-order valence-corrected chi connectivity index (χ3v) is 4.80. The fourth-order valence-corrected chi connectivity index (χ4v) is 3.32. The number of imide groups is 1. The molecule has 1 aliphatic heterocycles. The summed E-state index contributed by atoms with van der Waals surface area (Å²) in [5, 5.41) is 0. The first-order valence-corrected chi connectivity index (χ1v) is 6.86. The number of nitrogens with two attached hydrogens (primary N) is 1. The van der Waals surface area contributed by atoms with Gasteiger partial charge >= 0.3 is 0 Å². The van der Waals surface area contributed by atoms with Crippen molar-refractivity contribution in [2.75, 3.05) is 12.3 Å². The Hall–Kier alpha value is -1.84. The molecule has 3 aliphatic rings. The SMILES string of the molecule is Nc1ccc2c(c1)C(=O)N(CC1(C3CC3)CC1)C2=O. The van der Waals surface area contributed by atoms with Gasteiger partial charge in [0.2, 0.25) is 0 Å². The Balaban J connectivity index is 1.65. The van der Waals surface area contributed by atoms with Crippen molar-refractivity contribution in [2.24, 2.45) is 11.3 Å². The summed E-state index contributed by atoms with van der Waals surface area (Å²) >= 11 is 0. The number of hydrogen-bond acceptors (Lipinski definition) is 3. The Morgan fingerprint density at radius 3 is 2.47 bits per heavy atom. The summed E-state index contributed by atoms with van der Waals surface area (Å²) in [6, 6.07) is 4.97. The van der Waals surface area contributed by atoms with E-state index in [1.165, 1.54) is 17.7 Å². The molecule has 0 unspecified atom stereocenters. The van der Waals surface area contributed by atoms with E-state index < -0.39 is 0 Å². The van der Waals surface area contributed by atoms with Crippen molar-refractivity contribution in [3.8, 4) is 0 Å². The molecule has 4 heteroatoms. The van der Waals surface area contributed by atoms with Crippen LogP contribution in [0.4, 0.5) is 5.69 Å². The van der Waals surface area contributed by atoms with E-state index in [-0.39, 0.29) is 17.2 Å². The number of carbonyl (C=O) groups excluding carboxylic acids is 2. The molecular formula is C15H16N2O2. The maximum Gasteiger partial charge on any atom is 0.261 e. The standard InChI is InChI=1S/C15H16N2O2/c16-10-3-4-11-12(7-10)14(19)17(13(11)18)8-15(5-6-15)9-1-2-9/h3-4,7,9H,1-2,5-6,8,16H2. The maximum atomic E-state index is 12.4. The Kier molecular flexibility index (Phi) is 1.96. The van der Waals surface area contributed by atoms with E-state index in [0.29, 0.717) is 23.4 Å². The van der Waals surface area contributed by atoms with Gasteiger partial charge in [0.25, 0.3) is 11.8 Å². The molecule has 2 N–H and O–H groups in total. The van der Waals surface area contributed by atoms with E-state index in [0.717, 1.165) is 18.8 Å². The zero-order valence-electron chi connectivity index (χ0n) is 10.7. The van der Waals surface area contributed by atoms with Crippen LogP contribution in [0.25, 0.3) is 0 Å². The van der Waals surface area contributed by atoms with E-state index in [9.17, 15) is 9.59 Å². The molecule has 0 saturated heterocycles. The molecule has 2 aliphatic carbocycles. The van der Waals surface area contributed by atoms with Gasteiger partial charge in [-0.1, -0.05) is 0 Å². The van der Waals surface area contributed by atoms with Gasteiger partial charge in [-0.15, -0.1) is 0 Å². The predicted molar refractivity (Wildman–Crippen MR) is 70.6 cm³/mol. The average molecular weight is 256 g/mol. The number of nitrogens with zero attached hydrogens (tertiary/aromatic N) is 1. The van der Waals surface area contributed by atoms with Crippen LogP contribution in [0, 0.1) is 11.3 Å². The lowest BCUT2D eigenvalue weighted by Crippen LogP contribution is -2.36. The van der Waals surface area contributed by atoms with Crippen molar-refractivity contribution < 1.29 is 9.59 Å². The number of rotatable bonds is 3. The highest BCUT2D eigenvalue weighted by Gasteiger charge is 2.56. The summed E-state index contributed by atoms with van der Waals surface area (Å²) in [5.41, 5.74) is 7.46. The van der Waals surface area contributed by atoms with Crippen molar-refractivity contribution in [1.82, 2.24) is 4.90 Å². The van der Waals surface area contributed by atoms with Crippen LogP contribution in [0.3, 0.4) is 0 Å². The van der Waals surface area contributed by atoms with Crippen molar-refractivity contribution in [2.45, 2.75) is 25.7 Å². The minimum absolute atomic E-state index is 0.146. The monoisotopic (exact) mass is 256 g/mol. The van der Waals surface area contributed by atoms with Crippen molar-refractivity contribution in [3.63, 3.8) is 0 Å². The quantitative estimate of drug-likeness (QED) is 0.665. The summed E-state index contributed by atoms with van der Waals surface area (Å²) in [5.74, 6) is 0.424. The zero-order valence-corrected chi connectivity index (χ0v) is 10.7. The molecule has 1 heterocycles. The van der Waals surface area contributed by atoms with Crippen molar-refractivity contribution in [3.05, 3.63) is 29.3 Å². The molecule has 19 heavy (non-hydrogen) atoms. The lowest BCUT2D eigenvalue weighted by Gasteiger charge is -2.21. The van der Waals surface area contributed by atoms with Crippen LogP contribution in [0.15, 0.2) is 18.2 Å². The summed E-state index contributed by atoms with van der Waals surface area (Å²) in [6.07, 6.45) is 4.84. The molecule has 0 radical (unpaired) electrons. The van der Waals surface area contributed by atoms with Gasteiger partial charge < -0.3 is 5.73 Å². The normalized spacial score (nSPS) is 23.7. The van der Waals surface area contributed by atoms with E-state index in [4.69, 9.17) is 5.73 Å². The lowest BCUT2D eigenvalue weighted by atomic mass is 10.00. The number of nitrogen functional groups attached to an aromatic ring is 1. The number of hydrogen-bond donors (Lipinski definition) is 1. The highest BCUT2D eigenvalue weighted by Crippen LogP contribution is 2.61. The van der Waals surface area contributed by atoms with Crippen LogP contribution < -0.4 is 5.73 Å². The first-order valence-electron chi connectivity index (χ1n) is 6.86. The van der Waals surface area contributed by atoms with Crippen LogP contribution >= 0.6 is 0 Å². The summed E-state index contributed by atoms with van der Waals surface area (Å²) in [4.78, 5) is 26.1. The first kappa shape index (κ1) is 11.0. The van der Waals surface area contributed by atoms with Gasteiger partial charge in [0, 0.05) is 12.2 Å². The molecule has 0 atom stereocenters. The molecular weight excluding hydrogens is 240 g/mol. The highest BCUT2D eigenvalue weighted by molar-refractivity contribution is 6.21. The van der Waals surface area contributed by atoms with E-state index in [2.05, 4.69) is 0 Å². The highest BCUT2D eigenvalue weighted by atomic mass is 16.2. The minimum Gasteiger partial charge on any atom is -0.399 e. The summed E-state index contributed by atoms with van der Waals surface area (Å²) in [6.45, 7) is 0.601. The molecule has 0 spiro atoms. The van der Waals surface area contributed by atoms with E-state index in [1.54, 1.807) is 18.2 Å². The smallest absolute Gasteiger partial charge is 0.261 e. The van der Waals surface area contributed by atoms with Gasteiger partial charge in [-0.05, 0) is 55.2 Å². The van der Waals surface area contributed by atoms with Gasteiger partial charge in [0.15, 0.2) is 0 Å². The summed E-state index contributed by atoms with van der Waals surface area (Å²) < 4.78 is 0. The number of amides is 2. The molecule has 4 nitrogen and oxygen atoms in total. The molecule has 2 saturated carbocycles. The van der Waals surface area contributed by atoms with Crippen LogP contribution in [0.5, 0.6) is 0 Å². The molecule has 2 fully saturated rings. The van der Waals surface area contributed by atoms with Gasteiger partial charge in [-0.3, -0.25) is 14.5 Å². The van der Waals surface area contributed by atoms with Crippen molar-refractivity contribution in [1.29, 1.82) is 0 Å². The molecule has 1 aromatic rings. The largest absolute Gasteiger partial charge is 0.399 e. The molecule has 2 amide bonds. The Labute approximate surface area is 111 Å². The lowest BCUT2D eigenvalue weighted by molar-refractivity contribution is 0.0612. The average Bonchev–Trinajstić information content (AvgIpc) is 3.26. The van der Waals surface area contributed by atoms with E-state index in [1.807, 2.05) is 0 Å². The maximum absolute atomic E-state index is 12.4. The number of anilines is 1. The van der Waals surface area contributed by atoms with Gasteiger partial charge in [-0.25, -0.2) is 0 Å². The fourth-order valence-electron chi connectivity index (χ4n) is 3.32. The van der Waals surface area contributed by atoms with Gasteiger partial charge in [0.05, 0.1) is 11.1 Å². The first-order chi connectivity index (χ1) is 9.11. The minimum atomic E-state index is -0.167. The number of benzene rings is 1. The zero-order chi connectivity index (χ0) is 13.2. The van der Waals surface area contributed by atoms with Gasteiger partial charge in [-0.2, -0.15) is 0 Å². The molecule has 98 valence electrons.